The third-order valence-corrected chi connectivity index (χ3v) is 5.47. The van der Waals surface area contributed by atoms with E-state index in [1.807, 2.05) is 95.9 Å². The minimum atomic E-state index is -0.169. The van der Waals surface area contributed by atoms with E-state index in [1.165, 1.54) is 0 Å². The molecule has 0 radical (unpaired) electrons. The molecule has 0 aliphatic carbocycles. The van der Waals surface area contributed by atoms with E-state index in [4.69, 9.17) is 4.42 Å². The highest BCUT2D eigenvalue weighted by atomic mass is 16.4. The van der Waals surface area contributed by atoms with Crippen LogP contribution in [-0.4, -0.2) is 37.5 Å². The Bertz CT molecular complexity index is 1370. The maximum atomic E-state index is 13.2. The van der Waals surface area contributed by atoms with E-state index in [9.17, 15) is 4.79 Å². The highest BCUT2D eigenvalue weighted by Gasteiger charge is 2.18. The third kappa shape index (κ3) is 5.86. The molecule has 1 N–H and O–H groups in total. The molecule has 0 spiro atoms. The number of aromatic nitrogens is 4. The number of amides is 1. The van der Waals surface area contributed by atoms with Gasteiger partial charge in [0.05, 0.1) is 29.2 Å². The van der Waals surface area contributed by atoms with Crippen LogP contribution in [0.25, 0.3) is 22.9 Å². The molecule has 0 saturated heterocycles. The van der Waals surface area contributed by atoms with Gasteiger partial charge in [-0.15, -0.1) is 10.2 Å². The zero-order valence-corrected chi connectivity index (χ0v) is 19.5. The number of carbonyl (C=O) groups excluding carboxylic acids is 1. The molecular weight excluding hydrogens is 452 g/mol. The summed E-state index contributed by atoms with van der Waals surface area (Å²) < 4.78 is 5.92. The van der Waals surface area contributed by atoms with Crippen LogP contribution < -0.4 is 5.32 Å². The molecular formula is C28H24N6O2. The molecule has 5 rings (SSSR count). The highest BCUT2D eigenvalue weighted by Crippen LogP contribution is 2.29. The summed E-state index contributed by atoms with van der Waals surface area (Å²) in [6, 6.07) is 28.5. The van der Waals surface area contributed by atoms with E-state index in [1.54, 1.807) is 12.4 Å². The standard InChI is InChI=1S/C28H24N6O2/c35-26(20-34(18-22-12-6-8-16-29-22)19-23-13-7-9-17-30-23)31-25-15-5-4-14-24(25)28-33-32-27(36-28)21-10-2-1-3-11-21/h1-17H,18-20H2,(H,31,35). The molecule has 0 aliphatic rings. The quantitative estimate of drug-likeness (QED) is 0.325. The number of nitrogens with one attached hydrogen (secondary N) is 1. The second kappa shape index (κ2) is 11.2. The van der Waals surface area contributed by atoms with Crippen molar-refractivity contribution in [2.75, 3.05) is 11.9 Å². The fourth-order valence-electron chi connectivity index (χ4n) is 3.81. The van der Waals surface area contributed by atoms with Crippen LogP contribution in [0.15, 0.2) is 108 Å². The van der Waals surface area contributed by atoms with Gasteiger partial charge in [0.1, 0.15) is 0 Å². The van der Waals surface area contributed by atoms with Crippen LogP contribution in [0.2, 0.25) is 0 Å². The summed E-state index contributed by atoms with van der Waals surface area (Å²) in [5, 5.41) is 11.4. The van der Waals surface area contributed by atoms with Crippen LogP contribution in [0.5, 0.6) is 0 Å². The Morgan fingerprint density at radius 1 is 0.722 bits per heavy atom. The summed E-state index contributed by atoms with van der Waals surface area (Å²) in [5.41, 5.74) is 3.84. The van der Waals surface area contributed by atoms with Crippen molar-refractivity contribution in [3.05, 3.63) is 115 Å². The van der Waals surface area contributed by atoms with Gasteiger partial charge in [-0.3, -0.25) is 19.7 Å². The van der Waals surface area contributed by atoms with Crippen LogP contribution in [-0.2, 0) is 17.9 Å². The number of para-hydroxylation sites is 1. The lowest BCUT2D eigenvalue weighted by Crippen LogP contribution is -2.33. The van der Waals surface area contributed by atoms with Crippen LogP contribution in [0.3, 0.4) is 0 Å². The van der Waals surface area contributed by atoms with Crippen LogP contribution in [0, 0.1) is 0 Å². The second-order valence-electron chi connectivity index (χ2n) is 8.16. The first kappa shape index (κ1) is 23.1. The van der Waals surface area contributed by atoms with Crippen molar-refractivity contribution in [3.8, 4) is 22.9 Å². The molecule has 36 heavy (non-hydrogen) atoms. The number of carbonyl (C=O) groups is 1. The van der Waals surface area contributed by atoms with Crippen molar-refractivity contribution in [3.63, 3.8) is 0 Å². The molecule has 0 saturated carbocycles. The largest absolute Gasteiger partial charge is 0.416 e. The molecule has 0 aliphatic heterocycles. The highest BCUT2D eigenvalue weighted by molar-refractivity contribution is 5.95. The molecule has 0 atom stereocenters. The zero-order chi connectivity index (χ0) is 24.6. The van der Waals surface area contributed by atoms with Gasteiger partial charge < -0.3 is 9.73 Å². The molecule has 2 aromatic carbocycles. The molecule has 1 amide bonds. The molecule has 3 aromatic heterocycles. The zero-order valence-electron chi connectivity index (χ0n) is 19.5. The average molecular weight is 477 g/mol. The van der Waals surface area contributed by atoms with E-state index in [0.29, 0.717) is 36.1 Å². The first-order valence-electron chi connectivity index (χ1n) is 11.5. The van der Waals surface area contributed by atoms with E-state index in [0.717, 1.165) is 17.0 Å². The first-order chi connectivity index (χ1) is 17.7. The van der Waals surface area contributed by atoms with Crippen molar-refractivity contribution >= 4 is 11.6 Å². The van der Waals surface area contributed by atoms with Crippen LogP contribution in [0.1, 0.15) is 11.4 Å². The van der Waals surface area contributed by atoms with Gasteiger partial charge in [0.25, 0.3) is 0 Å². The number of anilines is 1. The Morgan fingerprint density at radius 3 is 2.00 bits per heavy atom. The number of nitrogens with zero attached hydrogens (tertiary/aromatic N) is 5. The van der Waals surface area contributed by atoms with Crippen molar-refractivity contribution in [1.29, 1.82) is 0 Å². The van der Waals surface area contributed by atoms with Crippen LogP contribution >= 0.6 is 0 Å². The summed E-state index contributed by atoms with van der Waals surface area (Å²) in [6.45, 7) is 1.17. The number of hydrogen-bond donors (Lipinski definition) is 1. The first-order valence-corrected chi connectivity index (χ1v) is 11.5. The van der Waals surface area contributed by atoms with Gasteiger partial charge in [-0.05, 0) is 48.5 Å². The van der Waals surface area contributed by atoms with E-state index < -0.39 is 0 Å². The Labute approximate surface area is 208 Å². The molecule has 5 aromatic rings. The van der Waals surface area contributed by atoms with Gasteiger partial charge in [0.2, 0.25) is 17.7 Å². The van der Waals surface area contributed by atoms with Crippen molar-refractivity contribution in [1.82, 2.24) is 25.1 Å². The Morgan fingerprint density at radius 2 is 1.33 bits per heavy atom. The lowest BCUT2D eigenvalue weighted by molar-refractivity contribution is -0.117. The summed E-state index contributed by atoms with van der Waals surface area (Å²) in [5.74, 6) is 0.587. The van der Waals surface area contributed by atoms with Gasteiger partial charge in [0.15, 0.2) is 0 Å². The van der Waals surface area contributed by atoms with Gasteiger partial charge in [0, 0.05) is 31.0 Å². The van der Waals surface area contributed by atoms with Crippen molar-refractivity contribution in [2.24, 2.45) is 0 Å². The number of benzene rings is 2. The molecule has 0 bridgehead atoms. The summed E-state index contributed by atoms with van der Waals surface area (Å²) >= 11 is 0. The Hall–Kier alpha value is -4.69. The summed E-state index contributed by atoms with van der Waals surface area (Å²) in [7, 11) is 0. The lowest BCUT2D eigenvalue weighted by Gasteiger charge is -2.21. The molecule has 0 unspecified atom stereocenters. The minimum Gasteiger partial charge on any atom is -0.416 e. The maximum Gasteiger partial charge on any atom is 0.250 e. The normalized spacial score (nSPS) is 10.9. The van der Waals surface area contributed by atoms with Gasteiger partial charge in [-0.25, -0.2) is 0 Å². The maximum absolute atomic E-state index is 13.2. The van der Waals surface area contributed by atoms with Gasteiger partial charge in [-0.2, -0.15) is 0 Å². The average Bonchev–Trinajstić information content (AvgIpc) is 3.41. The van der Waals surface area contributed by atoms with Crippen molar-refractivity contribution in [2.45, 2.75) is 13.1 Å². The Kier molecular flexibility index (Phi) is 7.15. The lowest BCUT2D eigenvalue weighted by atomic mass is 10.1. The number of rotatable bonds is 9. The van der Waals surface area contributed by atoms with E-state index in [-0.39, 0.29) is 12.5 Å². The smallest absolute Gasteiger partial charge is 0.250 e. The fraction of sp³-hybridized carbons (Fsp3) is 0.107. The molecule has 178 valence electrons. The predicted molar refractivity (Wildman–Crippen MR) is 136 cm³/mol. The van der Waals surface area contributed by atoms with Gasteiger partial charge in [-0.1, -0.05) is 42.5 Å². The van der Waals surface area contributed by atoms with Crippen molar-refractivity contribution < 1.29 is 9.21 Å². The van der Waals surface area contributed by atoms with Crippen LogP contribution in [0.4, 0.5) is 5.69 Å². The summed E-state index contributed by atoms with van der Waals surface area (Å²) in [6.07, 6.45) is 3.50. The van der Waals surface area contributed by atoms with E-state index >= 15 is 0 Å². The second-order valence-corrected chi connectivity index (χ2v) is 8.16. The topological polar surface area (TPSA) is 97.0 Å². The predicted octanol–water partition coefficient (Wildman–Crippen LogP) is 4.83. The SMILES string of the molecule is O=C(CN(Cc1ccccn1)Cc1ccccn1)Nc1ccccc1-c1nnc(-c2ccccc2)o1. The Balaban J connectivity index is 1.33. The van der Waals surface area contributed by atoms with Gasteiger partial charge >= 0.3 is 0 Å². The molecule has 0 fully saturated rings. The fourth-order valence-corrected chi connectivity index (χ4v) is 3.81. The van der Waals surface area contributed by atoms with E-state index in [2.05, 4.69) is 25.5 Å². The molecule has 8 heteroatoms. The number of hydrogen-bond acceptors (Lipinski definition) is 7. The third-order valence-electron chi connectivity index (χ3n) is 5.47. The number of pyridine rings is 2. The summed E-state index contributed by atoms with van der Waals surface area (Å²) in [4.78, 5) is 24.0. The monoisotopic (exact) mass is 476 g/mol. The molecule has 8 nitrogen and oxygen atoms in total. The minimum absolute atomic E-state index is 0.153. The molecule has 3 heterocycles.